The van der Waals surface area contributed by atoms with E-state index in [1.807, 2.05) is 24.9 Å². The molecule has 0 aliphatic carbocycles. The Kier molecular flexibility index (Phi) is 5.84. The topological polar surface area (TPSA) is 38.1 Å². The minimum absolute atomic E-state index is 0.0982. The van der Waals surface area contributed by atoms with Crippen molar-refractivity contribution in [1.82, 2.24) is 14.5 Å². The van der Waals surface area contributed by atoms with Crippen molar-refractivity contribution in [2.75, 3.05) is 19.3 Å². The van der Waals surface area contributed by atoms with Gasteiger partial charge in [0.2, 0.25) is 5.91 Å². The van der Waals surface area contributed by atoms with Gasteiger partial charge >= 0.3 is 0 Å². The van der Waals surface area contributed by atoms with Gasteiger partial charge in [0.15, 0.2) is 0 Å². The monoisotopic (exact) mass is 357 g/mol. The summed E-state index contributed by atoms with van der Waals surface area (Å²) in [5.41, 5.74) is 1.16. The smallest absolute Gasteiger partial charge is 0.225 e. The van der Waals surface area contributed by atoms with Gasteiger partial charge in [0.1, 0.15) is 5.82 Å². The number of thioether (sulfide) groups is 1. The molecule has 0 radical (unpaired) electrons. The van der Waals surface area contributed by atoms with Crippen LogP contribution in [0.4, 0.5) is 0 Å². The Balaban J connectivity index is 1.63. The van der Waals surface area contributed by atoms with Gasteiger partial charge < -0.3 is 9.47 Å². The number of carbonyl (C=O) groups excluding carboxylic acids is 1. The fraction of sp³-hybridized carbons (Fsp3) is 0.500. The minimum Gasteiger partial charge on any atom is -0.342 e. The zero-order chi connectivity index (χ0) is 17.8. The van der Waals surface area contributed by atoms with Crippen molar-refractivity contribution in [3.05, 3.63) is 36.7 Å². The van der Waals surface area contributed by atoms with Crippen molar-refractivity contribution >= 4 is 17.7 Å². The van der Waals surface area contributed by atoms with Gasteiger partial charge in [-0.25, -0.2) is 4.98 Å². The van der Waals surface area contributed by atoms with Gasteiger partial charge in [0.25, 0.3) is 0 Å². The van der Waals surface area contributed by atoms with Crippen molar-refractivity contribution < 1.29 is 4.79 Å². The van der Waals surface area contributed by atoms with Crippen molar-refractivity contribution in [1.29, 1.82) is 0 Å². The van der Waals surface area contributed by atoms with Crippen LogP contribution in [-0.2, 0) is 11.3 Å². The van der Waals surface area contributed by atoms with Gasteiger partial charge in [-0.3, -0.25) is 4.79 Å². The molecule has 0 spiro atoms. The average molecular weight is 358 g/mol. The van der Waals surface area contributed by atoms with Crippen molar-refractivity contribution in [2.24, 2.45) is 11.8 Å². The summed E-state index contributed by atoms with van der Waals surface area (Å²) >= 11 is 1.75. The van der Waals surface area contributed by atoms with Crippen LogP contribution in [0.5, 0.6) is 0 Å². The number of aromatic nitrogens is 2. The van der Waals surface area contributed by atoms with Crippen LogP contribution in [-0.4, -0.2) is 39.7 Å². The predicted octanol–water partition coefficient (Wildman–Crippen LogP) is 4.17. The van der Waals surface area contributed by atoms with E-state index in [0.29, 0.717) is 5.92 Å². The first-order chi connectivity index (χ1) is 12.1. The molecule has 1 aromatic heterocycles. The second kappa shape index (κ2) is 8.09. The SMILES string of the molecule is CSc1ccc(-c2nccn2CC2CCN(C(=O)C(C)C)CC2)cc1. The summed E-state index contributed by atoms with van der Waals surface area (Å²) in [7, 11) is 0. The number of nitrogens with zero attached hydrogens (tertiary/aromatic N) is 3. The number of amides is 1. The lowest BCUT2D eigenvalue weighted by Crippen LogP contribution is -2.41. The number of rotatable bonds is 5. The van der Waals surface area contributed by atoms with E-state index in [0.717, 1.165) is 43.9 Å². The highest BCUT2D eigenvalue weighted by Gasteiger charge is 2.24. The molecule has 5 heteroatoms. The first-order valence-corrected chi connectivity index (χ1v) is 10.2. The zero-order valence-corrected chi connectivity index (χ0v) is 16.1. The maximum absolute atomic E-state index is 12.1. The standard InChI is InChI=1S/C20H27N3OS/c1-15(2)20(24)22-11-8-16(9-12-22)14-23-13-10-21-19(23)17-4-6-18(25-3)7-5-17/h4-7,10,13,15-16H,8-9,11-12,14H2,1-3H3. The largest absolute Gasteiger partial charge is 0.342 e. The molecule has 1 amide bonds. The van der Waals surface area contributed by atoms with Crippen LogP contribution in [0.25, 0.3) is 11.4 Å². The average Bonchev–Trinajstić information content (AvgIpc) is 3.10. The zero-order valence-electron chi connectivity index (χ0n) is 15.3. The Bertz CT molecular complexity index is 700. The maximum Gasteiger partial charge on any atom is 0.225 e. The molecule has 25 heavy (non-hydrogen) atoms. The number of hydrogen-bond acceptors (Lipinski definition) is 3. The van der Waals surface area contributed by atoms with Crippen molar-refractivity contribution in [2.45, 2.75) is 38.1 Å². The van der Waals surface area contributed by atoms with Gasteiger partial charge in [-0.15, -0.1) is 11.8 Å². The molecule has 4 nitrogen and oxygen atoms in total. The highest BCUT2D eigenvalue weighted by Crippen LogP contribution is 2.25. The Hall–Kier alpha value is -1.75. The summed E-state index contributed by atoms with van der Waals surface area (Å²) in [6.45, 7) is 6.70. The fourth-order valence-corrected chi connectivity index (χ4v) is 3.84. The molecule has 1 saturated heterocycles. The molecule has 0 bridgehead atoms. The molecule has 3 rings (SSSR count). The lowest BCUT2D eigenvalue weighted by Gasteiger charge is -2.33. The van der Waals surface area contributed by atoms with Crippen molar-refractivity contribution in [3.8, 4) is 11.4 Å². The van der Waals surface area contributed by atoms with Crippen LogP contribution in [0.15, 0.2) is 41.6 Å². The molecule has 0 atom stereocenters. The van der Waals surface area contributed by atoms with Crippen LogP contribution in [0, 0.1) is 11.8 Å². The summed E-state index contributed by atoms with van der Waals surface area (Å²) in [5, 5.41) is 0. The van der Waals surface area contributed by atoms with Crippen LogP contribution < -0.4 is 0 Å². The second-order valence-electron chi connectivity index (χ2n) is 7.06. The Morgan fingerprint density at radius 1 is 1.24 bits per heavy atom. The van der Waals surface area contributed by atoms with Gasteiger partial charge in [-0.1, -0.05) is 26.0 Å². The van der Waals surface area contributed by atoms with E-state index >= 15 is 0 Å². The highest BCUT2D eigenvalue weighted by molar-refractivity contribution is 7.98. The van der Waals surface area contributed by atoms with Crippen molar-refractivity contribution in [3.63, 3.8) is 0 Å². The lowest BCUT2D eigenvalue weighted by molar-refractivity contribution is -0.135. The van der Waals surface area contributed by atoms with E-state index in [1.54, 1.807) is 11.8 Å². The van der Waals surface area contributed by atoms with E-state index in [1.165, 1.54) is 4.90 Å². The molecular formula is C20H27N3OS. The summed E-state index contributed by atoms with van der Waals surface area (Å²) in [5.74, 6) is 2.03. The normalized spacial score (nSPS) is 15.8. The molecule has 0 unspecified atom stereocenters. The number of piperidine rings is 1. The minimum atomic E-state index is 0.0982. The van der Waals surface area contributed by atoms with E-state index in [9.17, 15) is 4.79 Å². The van der Waals surface area contributed by atoms with Crippen LogP contribution in [0.3, 0.4) is 0 Å². The Labute approximate surface area is 154 Å². The van der Waals surface area contributed by atoms with Gasteiger partial charge in [0.05, 0.1) is 0 Å². The number of likely N-dealkylation sites (tertiary alicyclic amines) is 1. The molecule has 1 fully saturated rings. The third kappa shape index (κ3) is 4.27. The molecule has 0 N–H and O–H groups in total. The Morgan fingerprint density at radius 2 is 1.92 bits per heavy atom. The number of benzene rings is 1. The third-order valence-electron chi connectivity index (χ3n) is 4.94. The molecule has 2 heterocycles. The van der Waals surface area contributed by atoms with Crippen LogP contribution in [0.2, 0.25) is 0 Å². The highest BCUT2D eigenvalue weighted by atomic mass is 32.2. The summed E-state index contributed by atoms with van der Waals surface area (Å²) in [6.07, 6.45) is 8.19. The van der Waals surface area contributed by atoms with Crippen LogP contribution >= 0.6 is 11.8 Å². The molecule has 2 aromatic rings. The molecule has 0 saturated carbocycles. The van der Waals surface area contributed by atoms with E-state index in [4.69, 9.17) is 0 Å². The molecule has 134 valence electrons. The van der Waals surface area contributed by atoms with Gasteiger partial charge in [-0.05, 0) is 37.1 Å². The van der Waals surface area contributed by atoms with Gasteiger partial charge in [-0.2, -0.15) is 0 Å². The van der Waals surface area contributed by atoms with Crippen LogP contribution in [0.1, 0.15) is 26.7 Å². The number of imidazole rings is 1. The molecule has 1 aliphatic rings. The first-order valence-electron chi connectivity index (χ1n) is 9.03. The van der Waals surface area contributed by atoms with E-state index in [-0.39, 0.29) is 11.8 Å². The van der Waals surface area contributed by atoms with E-state index in [2.05, 4.69) is 46.3 Å². The summed E-state index contributed by atoms with van der Waals surface area (Å²) in [6, 6.07) is 8.59. The Morgan fingerprint density at radius 3 is 2.52 bits per heavy atom. The molecule has 1 aromatic carbocycles. The summed E-state index contributed by atoms with van der Waals surface area (Å²) in [4.78, 5) is 20.0. The first kappa shape index (κ1) is 18.1. The quantitative estimate of drug-likeness (QED) is 0.754. The number of hydrogen-bond donors (Lipinski definition) is 0. The lowest BCUT2D eigenvalue weighted by atomic mass is 9.95. The second-order valence-corrected chi connectivity index (χ2v) is 7.93. The molecular weight excluding hydrogens is 330 g/mol. The molecule has 1 aliphatic heterocycles. The predicted molar refractivity (Wildman–Crippen MR) is 104 cm³/mol. The number of carbonyl (C=O) groups is 1. The van der Waals surface area contributed by atoms with E-state index < -0.39 is 0 Å². The summed E-state index contributed by atoms with van der Waals surface area (Å²) < 4.78 is 2.26. The van der Waals surface area contributed by atoms with Gasteiger partial charge in [0, 0.05) is 48.4 Å². The third-order valence-corrected chi connectivity index (χ3v) is 5.68. The maximum atomic E-state index is 12.1. The fourth-order valence-electron chi connectivity index (χ4n) is 3.44.